The van der Waals surface area contributed by atoms with Gasteiger partial charge in [0.05, 0.1) is 13.2 Å². The fraction of sp³-hybridized carbons (Fsp3) is 0.474. The largest absolute Gasteiger partial charge is 0.453 e. The summed E-state index contributed by atoms with van der Waals surface area (Å²) in [5.74, 6) is 0.508. The van der Waals surface area contributed by atoms with Crippen LogP contribution in [0.1, 0.15) is 24.5 Å². The molecule has 1 aromatic rings. The van der Waals surface area contributed by atoms with E-state index in [0.29, 0.717) is 5.92 Å². The van der Waals surface area contributed by atoms with Gasteiger partial charge in [-0.05, 0) is 19.3 Å². The molecule has 0 saturated carbocycles. The van der Waals surface area contributed by atoms with E-state index in [9.17, 15) is 4.79 Å². The maximum absolute atomic E-state index is 11.8. The van der Waals surface area contributed by atoms with Crippen LogP contribution in [0.15, 0.2) is 30.4 Å². The number of carbonyl (C=O) groups is 1. The topological polar surface area (TPSA) is 32.8 Å². The zero-order valence-corrected chi connectivity index (χ0v) is 17.9. The number of anilines is 1. The van der Waals surface area contributed by atoms with Gasteiger partial charge >= 0.3 is 6.09 Å². The molecule has 1 aromatic carbocycles. The van der Waals surface area contributed by atoms with Gasteiger partial charge < -0.3 is 14.5 Å². The molecule has 0 N–H and O–H groups in total. The van der Waals surface area contributed by atoms with Crippen molar-refractivity contribution in [3.63, 3.8) is 0 Å². The molecule has 1 aliphatic rings. The first kappa shape index (κ1) is 20.6. The molecule has 4 nitrogen and oxygen atoms in total. The van der Waals surface area contributed by atoms with Gasteiger partial charge in [0.25, 0.3) is 0 Å². The Labute approximate surface area is 160 Å². The number of hydrogen-bond acceptors (Lipinski definition) is 3. The number of likely N-dealkylation sites (tertiary alicyclic amines) is 1. The number of carbonyl (C=O) groups excluding carboxylic acids is 1. The Hall–Kier alpha value is -1.41. The summed E-state index contributed by atoms with van der Waals surface area (Å²) in [6.07, 6.45) is 5.02. The Balaban J connectivity index is 0.00000288. The van der Waals surface area contributed by atoms with Gasteiger partial charge in [-0.25, -0.2) is 4.79 Å². The van der Waals surface area contributed by atoms with Crippen molar-refractivity contribution in [2.45, 2.75) is 26.3 Å². The zero-order valence-electron chi connectivity index (χ0n) is 15.0. The summed E-state index contributed by atoms with van der Waals surface area (Å²) < 4.78 is 4.87. The Bertz CT molecular complexity index is 589. The Kier molecular flexibility index (Phi) is 7.88. The summed E-state index contributed by atoms with van der Waals surface area (Å²) >= 11 is 0. The number of aryl methyl sites for hydroxylation is 1. The van der Waals surface area contributed by atoms with Crippen LogP contribution in [0.25, 0.3) is 0 Å². The Morgan fingerprint density at radius 1 is 1.50 bits per heavy atom. The third-order valence-electron chi connectivity index (χ3n) is 4.37. The summed E-state index contributed by atoms with van der Waals surface area (Å²) in [4.78, 5) is 15.8. The molecule has 0 radical (unpaired) electrons. The number of methoxy groups -OCH3 is 1. The van der Waals surface area contributed by atoms with E-state index in [1.165, 1.54) is 18.4 Å². The van der Waals surface area contributed by atoms with E-state index in [-0.39, 0.29) is 33.2 Å². The monoisotopic (exact) mass is 499 g/mol. The molecule has 1 fully saturated rings. The molecule has 0 aromatic heterocycles. The molecule has 2 atom stereocenters. The van der Waals surface area contributed by atoms with E-state index in [1.807, 2.05) is 11.0 Å². The molecule has 24 heavy (non-hydrogen) atoms. The number of benzene rings is 1. The van der Waals surface area contributed by atoms with Crippen LogP contribution in [0, 0.1) is 19.8 Å². The van der Waals surface area contributed by atoms with E-state index in [4.69, 9.17) is 4.74 Å². The van der Waals surface area contributed by atoms with Crippen molar-refractivity contribution in [3.8, 4) is 0 Å². The van der Waals surface area contributed by atoms with Crippen molar-refractivity contribution < 1.29 is 30.6 Å². The SMILES string of the molecule is [CH2-]c1ccc(N(C)C/C=C\C2CC(C)CN2C(=O)OC)c(C)c1.[W]. The van der Waals surface area contributed by atoms with Gasteiger partial charge in [0, 0.05) is 46.9 Å². The molecule has 0 spiro atoms. The third kappa shape index (κ3) is 5.04. The van der Waals surface area contributed by atoms with E-state index >= 15 is 0 Å². The summed E-state index contributed by atoms with van der Waals surface area (Å²) in [7, 11) is 3.51. The van der Waals surface area contributed by atoms with Gasteiger partial charge in [-0.3, -0.25) is 0 Å². The predicted molar refractivity (Wildman–Crippen MR) is 94.7 cm³/mol. The van der Waals surface area contributed by atoms with Crippen molar-refractivity contribution >= 4 is 11.8 Å². The second kappa shape index (κ2) is 9.17. The minimum atomic E-state index is -0.237. The summed E-state index contributed by atoms with van der Waals surface area (Å²) in [5.41, 5.74) is 3.45. The normalized spacial score (nSPS) is 20.1. The van der Waals surface area contributed by atoms with Crippen LogP contribution in [0.3, 0.4) is 0 Å². The van der Waals surface area contributed by atoms with Crippen LogP contribution in [0.2, 0.25) is 0 Å². The van der Waals surface area contributed by atoms with Gasteiger partial charge in [-0.15, -0.1) is 0 Å². The van der Waals surface area contributed by atoms with Gasteiger partial charge in [0.15, 0.2) is 0 Å². The first-order chi connectivity index (χ1) is 10.9. The molecule has 0 aliphatic carbocycles. The summed E-state index contributed by atoms with van der Waals surface area (Å²) in [5, 5.41) is 0. The quantitative estimate of drug-likeness (QED) is 0.469. The third-order valence-corrected chi connectivity index (χ3v) is 4.37. The van der Waals surface area contributed by atoms with Crippen molar-refractivity contribution in [1.29, 1.82) is 0 Å². The second-order valence-corrected chi connectivity index (χ2v) is 6.46. The fourth-order valence-electron chi connectivity index (χ4n) is 3.22. The maximum atomic E-state index is 11.8. The van der Waals surface area contributed by atoms with Crippen LogP contribution in [-0.4, -0.2) is 44.3 Å². The van der Waals surface area contributed by atoms with Crippen molar-refractivity contribution in [3.05, 3.63) is 48.4 Å². The number of ether oxygens (including phenoxy) is 1. The van der Waals surface area contributed by atoms with Gasteiger partial charge in [0.2, 0.25) is 0 Å². The van der Waals surface area contributed by atoms with E-state index in [1.54, 1.807) is 0 Å². The zero-order chi connectivity index (χ0) is 17.0. The number of likely N-dealkylation sites (N-methyl/N-ethyl adjacent to an activating group) is 1. The van der Waals surface area contributed by atoms with Crippen LogP contribution in [-0.2, 0) is 25.8 Å². The maximum Gasteiger partial charge on any atom is 0.409 e. The van der Waals surface area contributed by atoms with Crippen LogP contribution in [0.5, 0.6) is 0 Å². The van der Waals surface area contributed by atoms with Crippen LogP contribution >= 0.6 is 0 Å². The molecular formula is C19H27N2O2W-. The molecule has 1 amide bonds. The molecular weight excluding hydrogens is 472 g/mol. The van der Waals surface area contributed by atoms with E-state index < -0.39 is 0 Å². The molecule has 1 aliphatic heterocycles. The fourth-order valence-corrected chi connectivity index (χ4v) is 3.22. The minimum Gasteiger partial charge on any atom is -0.453 e. The molecule has 0 bridgehead atoms. The van der Waals surface area contributed by atoms with Crippen molar-refractivity contribution in [2.75, 3.05) is 32.1 Å². The average molecular weight is 499 g/mol. The number of nitrogens with zero attached hydrogens (tertiary/aromatic N) is 2. The molecule has 1 saturated heterocycles. The number of hydrogen-bond donors (Lipinski definition) is 0. The average Bonchev–Trinajstić information content (AvgIpc) is 2.87. The van der Waals surface area contributed by atoms with E-state index in [2.05, 4.69) is 57.0 Å². The first-order valence-corrected chi connectivity index (χ1v) is 8.07. The molecule has 5 heteroatoms. The molecule has 2 unspecified atom stereocenters. The second-order valence-electron chi connectivity index (χ2n) is 6.46. The van der Waals surface area contributed by atoms with Gasteiger partial charge in [-0.2, -0.15) is 24.6 Å². The number of rotatable bonds is 4. The molecule has 1 heterocycles. The Morgan fingerprint density at radius 2 is 2.21 bits per heavy atom. The van der Waals surface area contributed by atoms with Crippen molar-refractivity contribution in [1.82, 2.24) is 4.90 Å². The van der Waals surface area contributed by atoms with Gasteiger partial charge in [0.1, 0.15) is 0 Å². The molecule has 132 valence electrons. The molecule has 2 rings (SSSR count). The minimum absolute atomic E-state index is 0. The van der Waals surface area contributed by atoms with Crippen molar-refractivity contribution in [2.24, 2.45) is 5.92 Å². The number of amides is 1. The first-order valence-electron chi connectivity index (χ1n) is 8.07. The smallest absolute Gasteiger partial charge is 0.409 e. The summed E-state index contributed by atoms with van der Waals surface area (Å²) in [6.45, 7) is 9.79. The summed E-state index contributed by atoms with van der Waals surface area (Å²) in [6, 6.07) is 6.35. The predicted octanol–water partition coefficient (Wildman–Crippen LogP) is 3.64. The standard InChI is InChI=1S/C19H27N2O2.W/c1-14-8-9-18(16(3)11-14)20(4)10-6-7-17-12-15(2)13-21(17)19(22)23-5;/h6-9,11,15,17H,1,10,12-13H2,2-5H3;/q-1;/b7-6-;. The van der Waals surface area contributed by atoms with E-state index in [0.717, 1.165) is 25.1 Å². The van der Waals surface area contributed by atoms with Gasteiger partial charge in [-0.1, -0.05) is 30.7 Å². The van der Waals surface area contributed by atoms with Crippen LogP contribution in [0.4, 0.5) is 10.5 Å². The van der Waals surface area contributed by atoms with Crippen LogP contribution < -0.4 is 4.90 Å². The Morgan fingerprint density at radius 3 is 2.83 bits per heavy atom.